The van der Waals surface area contributed by atoms with Gasteiger partial charge < -0.3 is 10.2 Å². The molecule has 0 heterocycles. The van der Waals surface area contributed by atoms with Crippen molar-refractivity contribution in [3.8, 4) is 11.5 Å². The van der Waals surface area contributed by atoms with Crippen molar-refractivity contribution in [2.45, 2.75) is 136 Å². The van der Waals surface area contributed by atoms with Gasteiger partial charge in [0.05, 0.1) is 0 Å². The molecule has 0 amide bonds. The maximum atomic E-state index is 10.7. The molecule has 2 aromatic carbocycles. The van der Waals surface area contributed by atoms with E-state index in [1.165, 1.54) is 101 Å². The first kappa shape index (κ1) is 29.3. The molecule has 2 rings (SSSR count). The summed E-state index contributed by atoms with van der Waals surface area (Å²) in [4.78, 5) is 0. The van der Waals surface area contributed by atoms with Crippen LogP contribution >= 0.6 is 0 Å². The number of hydrogen-bond donors (Lipinski definition) is 2. The smallest absolute Gasteiger partial charge is 0.119 e. The van der Waals surface area contributed by atoms with Crippen molar-refractivity contribution in [3.63, 3.8) is 0 Å². The zero-order valence-electron chi connectivity index (χ0n) is 22.8. The van der Waals surface area contributed by atoms with Gasteiger partial charge in [-0.3, -0.25) is 0 Å². The Morgan fingerprint density at radius 1 is 0.457 bits per heavy atom. The third kappa shape index (κ3) is 11.5. The Balaban J connectivity index is 1.90. The number of unbranched alkanes of at least 4 members (excludes halogenated alkanes) is 14. The summed E-state index contributed by atoms with van der Waals surface area (Å²) in [6, 6.07) is 11.8. The Morgan fingerprint density at radius 2 is 0.800 bits per heavy atom. The standard InChI is InChI=1S/C33H52O2/c1-3-5-7-9-11-13-15-17-21-28-23-19-25-32(34)30(28)27-31-29(24-20-26-33(31)35)22-18-16-14-12-10-8-6-4-2/h19-20,23-26,34-35H,3-18,21-22,27H2,1-2H3. The van der Waals surface area contributed by atoms with Crippen LogP contribution in [0.25, 0.3) is 0 Å². The van der Waals surface area contributed by atoms with E-state index in [1.807, 2.05) is 12.1 Å². The average molecular weight is 481 g/mol. The van der Waals surface area contributed by atoms with Crippen LogP contribution in [0.2, 0.25) is 0 Å². The van der Waals surface area contributed by atoms with Crippen LogP contribution < -0.4 is 0 Å². The van der Waals surface area contributed by atoms with Gasteiger partial charge in [0.1, 0.15) is 11.5 Å². The topological polar surface area (TPSA) is 40.5 Å². The van der Waals surface area contributed by atoms with Crippen LogP contribution in [0.15, 0.2) is 36.4 Å². The second kappa shape index (κ2) is 18.3. The Morgan fingerprint density at radius 3 is 1.17 bits per heavy atom. The van der Waals surface area contributed by atoms with E-state index >= 15 is 0 Å². The van der Waals surface area contributed by atoms with Crippen LogP contribution in [0.1, 0.15) is 139 Å². The molecule has 0 saturated carbocycles. The van der Waals surface area contributed by atoms with Crippen LogP contribution in [-0.2, 0) is 19.3 Å². The molecule has 196 valence electrons. The van der Waals surface area contributed by atoms with Gasteiger partial charge in [0, 0.05) is 17.5 Å². The summed E-state index contributed by atoms with van der Waals surface area (Å²) in [5.41, 5.74) is 4.46. The molecule has 0 fully saturated rings. The summed E-state index contributed by atoms with van der Waals surface area (Å²) in [6.07, 6.45) is 23.5. The number of hydrogen-bond acceptors (Lipinski definition) is 2. The van der Waals surface area contributed by atoms with Crippen molar-refractivity contribution >= 4 is 0 Å². The van der Waals surface area contributed by atoms with Gasteiger partial charge >= 0.3 is 0 Å². The highest BCUT2D eigenvalue weighted by atomic mass is 16.3. The summed E-state index contributed by atoms with van der Waals surface area (Å²) in [6.45, 7) is 4.53. The summed E-state index contributed by atoms with van der Waals surface area (Å²) >= 11 is 0. The van der Waals surface area contributed by atoms with Gasteiger partial charge in [0.25, 0.3) is 0 Å². The zero-order chi connectivity index (χ0) is 25.1. The second-order valence-corrected chi connectivity index (χ2v) is 10.5. The lowest BCUT2D eigenvalue weighted by atomic mass is 9.91. The Hall–Kier alpha value is -1.96. The van der Waals surface area contributed by atoms with Crippen molar-refractivity contribution in [1.82, 2.24) is 0 Å². The number of aromatic hydroxyl groups is 2. The lowest BCUT2D eigenvalue weighted by Crippen LogP contribution is -2.01. The molecule has 0 radical (unpaired) electrons. The SMILES string of the molecule is CCCCCCCCCCc1cccc(O)c1Cc1c(O)cccc1CCCCCCCCCC. The highest BCUT2D eigenvalue weighted by Crippen LogP contribution is 2.31. The number of rotatable bonds is 20. The third-order valence-corrected chi connectivity index (χ3v) is 7.45. The quantitative estimate of drug-likeness (QED) is 0.185. The highest BCUT2D eigenvalue weighted by Gasteiger charge is 2.14. The first-order chi connectivity index (χ1) is 17.2. The lowest BCUT2D eigenvalue weighted by Gasteiger charge is -2.16. The van der Waals surface area contributed by atoms with Crippen molar-refractivity contribution in [2.75, 3.05) is 0 Å². The largest absolute Gasteiger partial charge is 0.508 e. The van der Waals surface area contributed by atoms with Gasteiger partial charge in [-0.1, -0.05) is 128 Å². The summed E-state index contributed by atoms with van der Waals surface area (Å²) in [7, 11) is 0. The van der Waals surface area contributed by atoms with Gasteiger partial charge in [-0.2, -0.15) is 0 Å². The van der Waals surface area contributed by atoms with Gasteiger partial charge in [-0.25, -0.2) is 0 Å². The number of benzene rings is 2. The summed E-state index contributed by atoms with van der Waals surface area (Å²) in [5, 5.41) is 21.4. The number of phenolic OH excluding ortho intramolecular Hbond substituents is 2. The van der Waals surface area contributed by atoms with Gasteiger partial charge in [-0.05, 0) is 48.9 Å². The van der Waals surface area contributed by atoms with E-state index in [0.29, 0.717) is 17.9 Å². The van der Waals surface area contributed by atoms with Crippen molar-refractivity contribution in [1.29, 1.82) is 0 Å². The Bertz CT molecular complexity index is 743. The van der Waals surface area contributed by atoms with E-state index in [0.717, 1.165) is 36.8 Å². The van der Waals surface area contributed by atoms with E-state index in [2.05, 4.69) is 26.0 Å². The molecule has 0 saturated heterocycles. The number of aryl methyl sites for hydroxylation is 2. The van der Waals surface area contributed by atoms with Gasteiger partial charge in [0.2, 0.25) is 0 Å². The molecule has 0 spiro atoms. The first-order valence-corrected chi connectivity index (χ1v) is 14.8. The molecule has 2 N–H and O–H groups in total. The van der Waals surface area contributed by atoms with Crippen LogP contribution in [-0.4, -0.2) is 10.2 Å². The van der Waals surface area contributed by atoms with E-state index in [4.69, 9.17) is 0 Å². The van der Waals surface area contributed by atoms with Gasteiger partial charge in [0.15, 0.2) is 0 Å². The van der Waals surface area contributed by atoms with E-state index in [9.17, 15) is 10.2 Å². The van der Waals surface area contributed by atoms with Crippen LogP contribution in [0.5, 0.6) is 11.5 Å². The highest BCUT2D eigenvalue weighted by molar-refractivity contribution is 5.48. The maximum absolute atomic E-state index is 10.7. The molecule has 0 aliphatic carbocycles. The third-order valence-electron chi connectivity index (χ3n) is 7.45. The minimum Gasteiger partial charge on any atom is -0.508 e. The predicted molar refractivity (Wildman–Crippen MR) is 152 cm³/mol. The van der Waals surface area contributed by atoms with Crippen LogP contribution in [0.4, 0.5) is 0 Å². The maximum Gasteiger partial charge on any atom is 0.119 e. The molecule has 0 aliphatic heterocycles. The second-order valence-electron chi connectivity index (χ2n) is 10.5. The summed E-state index contributed by atoms with van der Waals surface area (Å²) < 4.78 is 0. The first-order valence-electron chi connectivity index (χ1n) is 14.8. The molecule has 0 atom stereocenters. The molecular formula is C33H52O2. The van der Waals surface area contributed by atoms with Gasteiger partial charge in [-0.15, -0.1) is 0 Å². The van der Waals surface area contributed by atoms with Crippen LogP contribution in [0.3, 0.4) is 0 Å². The molecule has 0 bridgehead atoms. The van der Waals surface area contributed by atoms with Crippen molar-refractivity contribution in [2.24, 2.45) is 0 Å². The fraction of sp³-hybridized carbons (Fsp3) is 0.636. The van der Waals surface area contributed by atoms with E-state index in [1.54, 1.807) is 12.1 Å². The minimum absolute atomic E-state index is 0.364. The molecule has 2 aromatic rings. The lowest BCUT2D eigenvalue weighted by molar-refractivity contribution is 0.461. The molecule has 2 nitrogen and oxygen atoms in total. The molecule has 0 aromatic heterocycles. The zero-order valence-corrected chi connectivity index (χ0v) is 22.8. The van der Waals surface area contributed by atoms with Crippen molar-refractivity contribution in [3.05, 3.63) is 58.7 Å². The van der Waals surface area contributed by atoms with Crippen molar-refractivity contribution < 1.29 is 10.2 Å². The molecule has 2 heteroatoms. The molecule has 0 unspecified atom stereocenters. The average Bonchev–Trinajstić information content (AvgIpc) is 2.85. The molecular weight excluding hydrogens is 428 g/mol. The minimum atomic E-state index is 0.364. The number of phenols is 2. The Labute approximate surface area is 216 Å². The monoisotopic (exact) mass is 480 g/mol. The van der Waals surface area contributed by atoms with E-state index in [-0.39, 0.29) is 0 Å². The fourth-order valence-electron chi connectivity index (χ4n) is 5.19. The molecule has 0 aliphatic rings. The van der Waals surface area contributed by atoms with E-state index < -0.39 is 0 Å². The predicted octanol–water partition coefficient (Wildman–Crippen LogP) is 10.1. The fourth-order valence-corrected chi connectivity index (χ4v) is 5.19. The Kier molecular flexibility index (Phi) is 15.3. The normalized spacial score (nSPS) is 11.3. The summed E-state index contributed by atoms with van der Waals surface area (Å²) in [5.74, 6) is 0.728. The van der Waals surface area contributed by atoms with Crippen LogP contribution in [0, 0.1) is 0 Å². The molecule has 35 heavy (non-hydrogen) atoms.